The standard InChI is InChI=1S/C20H21IN4O2S/c1-24-8-10-25(11-9-24)19(27)15-5-3-7-17(13-15)22-20(28)23-18(26)14-4-2-6-16(21)12-14/h2-7,12-13H,8-11H2,1H3,(H2,22,23,26,28). The lowest BCUT2D eigenvalue weighted by Gasteiger charge is -2.32. The SMILES string of the molecule is CN1CCN(C(=O)c2cccc(NC(=S)NC(=O)c3cccc(I)c3)c2)CC1. The number of benzene rings is 2. The van der Waals surface area contributed by atoms with E-state index in [1.54, 1.807) is 30.3 Å². The zero-order valence-electron chi connectivity index (χ0n) is 15.4. The monoisotopic (exact) mass is 508 g/mol. The number of piperazine rings is 1. The number of thiocarbonyl (C=S) groups is 1. The third kappa shape index (κ3) is 5.49. The van der Waals surface area contributed by atoms with Crippen LogP contribution in [0.3, 0.4) is 0 Å². The lowest BCUT2D eigenvalue weighted by atomic mass is 10.1. The summed E-state index contributed by atoms with van der Waals surface area (Å²) in [5.41, 5.74) is 1.80. The van der Waals surface area contributed by atoms with Crippen molar-refractivity contribution < 1.29 is 9.59 Å². The Labute approximate surface area is 183 Å². The van der Waals surface area contributed by atoms with Crippen LogP contribution in [0.2, 0.25) is 0 Å². The van der Waals surface area contributed by atoms with Gasteiger partial charge in [-0.2, -0.15) is 0 Å². The van der Waals surface area contributed by atoms with Gasteiger partial charge in [-0.3, -0.25) is 14.9 Å². The number of nitrogens with one attached hydrogen (secondary N) is 2. The molecule has 0 saturated carbocycles. The predicted octanol–water partition coefficient (Wildman–Crippen LogP) is 2.81. The van der Waals surface area contributed by atoms with E-state index in [1.165, 1.54) is 0 Å². The number of likely N-dealkylation sites (N-methyl/N-ethyl adjacent to an activating group) is 1. The molecule has 1 aliphatic rings. The fourth-order valence-corrected chi connectivity index (χ4v) is 3.64. The largest absolute Gasteiger partial charge is 0.336 e. The zero-order chi connectivity index (χ0) is 20.1. The van der Waals surface area contributed by atoms with Gasteiger partial charge in [-0.15, -0.1) is 0 Å². The third-order valence-electron chi connectivity index (χ3n) is 4.47. The van der Waals surface area contributed by atoms with E-state index >= 15 is 0 Å². The number of halogens is 1. The first-order chi connectivity index (χ1) is 13.4. The Hall–Kier alpha value is -2.04. The molecule has 2 N–H and O–H groups in total. The maximum Gasteiger partial charge on any atom is 0.257 e. The first-order valence-corrected chi connectivity index (χ1v) is 10.4. The minimum absolute atomic E-state index is 0.00515. The highest BCUT2D eigenvalue weighted by Crippen LogP contribution is 2.14. The van der Waals surface area contributed by atoms with Gasteiger partial charge in [0.05, 0.1) is 0 Å². The first kappa shape index (κ1) is 20.7. The molecule has 2 aromatic rings. The molecule has 1 saturated heterocycles. The average Bonchev–Trinajstić information content (AvgIpc) is 2.68. The topological polar surface area (TPSA) is 64.7 Å². The summed E-state index contributed by atoms with van der Waals surface area (Å²) < 4.78 is 0.972. The number of nitrogens with zero attached hydrogens (tertiary/aromatic N) is 2. The number of anilines is 1. The van der Waals surface area contributed by atoms with Gasteiger partial charge in [-0.1, -0.05) is 12.1 Å². The molecule has 2 aromatic carbocycles. The van der Waals surface area contributed by atoms with E-state index in [9.17, 15) is 9.59 Å². The highest BCUT2D eigenvalue weighted by Gasteiger charge is 2.20. The van der Waals surface area contributed by atoms with E-state index in [-0.39, 0.29) is 16.9 Å². The Kier molecular flexibility index (Phi) is 6.97. The number of amides is 2. The molecule has 8 heteroatoms. The summed E-state index contributed by atoms with van der Waals surface area (Å²) in [5, 5.41) is 5.84. The molecule has 0 atom stereocenters. The molecule has 2 amide bonds. The highest BCUT2D eigenvalue weighted by molar-refractivity contribution is 14.1. The van der Waals surface area contributed by atoms with Gasteiger partial charge >= 0.3 is 0 Å². The molecule has 146 valence electrons. The van der Waals surface area contributed by atoms with E-state index in [0.29, 0.717) is 16.8 Å². The molecule has 0 spiro atoms. The normalized spacial score (nSPS) is 14.4. The number of carbonyl (C=O) groups is 2. The fourth-order valence-electron chi connectivity index (χ4n) is 2.89. The Bertz CT molecular complexity index is 897. The Morgan fingerprint density at radius 2 is 1.68 bits per heavy atom. The van der Waals surface area contributed by atoms with Gasteiger partial charge in [-0.05, 0) is 78.3 Å². The molecular weight excluding hydrogens is 487 g/mol. The molecular formula is C20H21IN4O2S. The third-order valence-corrected chi connectivity index (χ3v) is 5.35. The summed E-state index contributed by atoms with van der Waals surface area (Å²) in [5.74, 6) is -0.272. The van der Waals surface area contributed by atoms with Crippen LogP contribution in [0.5, 0.6) is 0 Å². The summed E-state index contributed by atoms with van der Waals surface area (Å²) >= 11 is 7.40. The number of rotatable bonds is 3. The minimum atomic E-state index is -0.277. The predicted molar refractivity (Wildman–Crippen MR) is 123 cm³/mol. The van der Waals surface area contributed by atoms with E-state index in [2.05, 4.69) is 45.2 Å². The van der Waals surface area contributed by atoms with Crippen LogP contribution in [0.15, 0.2) is 48.5 Å². The Morgan fingerprint density at radius 3 is 2.39 bits per heavy atom. The summed E-state index contributed by atoms with van der Waals surface area (Å²) in [6.45, 7) is 3.19. The molecule has 0 aliphatic carbocycles. The van der Waals surface area contributed by atoms with Crippen molar-refractivity contribution in [2.45, 2.75) is 0 Å². The van der Waals surface area contributed by atoms with Crippen molar-refractivity contribution in [2.24, 2.45) is 0 Å². The van der Waals surface area contributed by atoms with Crippen molar-refractivity contribution in [2.75, 3.05) is 38.5 Å². The van der Waals surface area contributed by atoms with E-state index in [1.807, 2.05) is 23.1 Å². The Balaban J connectivity index is 1.61. The van der Waals surface area contributed by atoms with Gasteiger partial charge in [0.1, 0.15) is 0 Å². The maximum atomic E-state index is 12.7. The minimum Gasteiger partial charge on any atom is -0.336 e. The quantitative estimate of drug-likeness (QED) is 0.494. The van der Waals surface area contributed by atoms with Crippen molar-refractivity contribution >= 4 is 57.4 Å². The van der Waals surface area contributed by atoms with E-state index in [4.69, 9.17) is 12.2 Å². The molecule has 1 fully saturated rings. The van der Waals surface area contributed by atoms with Crippen molar-refractivity contribution in [3.05, 3.63) is 63.2 Å². The second-order valence-corrected chi connectivity index (χ2v) is 8.25. The molecule has 0 bridgehead atoms. The number of hydrogen-bond donors (Lipinski definition) is 2. The smallest absolute Gasteiger partial charge is 0.257 e. The van der Waals surface area contributed by atoms with Gasteiger partial charge in [0.25, 0.3) is 11.8 Å². The highest BCUT2D eigenvalue weighted by atomic mass is 127. The molecule has 28 heavy (non-hydrogen) atoms. The molecule has 1 aliphatic heterocycles. The average molecular weight is 508 g/mol. The fraction of sp³-hybridized carbons (Fsp3) is 0.250. The second kappa shape index (κ2) is 9.44. The summed E-state index contributed by atoms with van der Waals surface area (Å²) in [6, 6.07) is 14.4. The summed E-state index contributed by atoms with van der Waals surface area (Å²) in [4.78, 5) is 29.1. The number of hydrogen-bond acceptors (Lipinski definition) is 4. The second-order valence-electron chi connectivity index (χ2n) is 6.59. The van der Waals surface area contributed by atoms with Crippen LogP contribution in [-0.2, 0) is 0 Å². The van der Waals surface area contributed by atoms with Crippen molar-refractivity contribution in [1.82, 2.24) is 15.1 Å². The number of carbonyl (C=O) groups excluding carboxylic acids is 2. The van der Waals surface area contributed by atoms with Crippen LogP contribution >= 0.6 is 34.8 Å². The van der Waals surface area contributed by atoms with Crippen LogP contribution in [0.4, 0.5) is 5.69 Å². The van der Waals surface area contributed by atoms with Crippen LogP contribution in [-0.4, -0.2) is 60.0 Å². The summed E-state index contributed by atoms with van der Waals surface area (Å²) in [7, 11) is 2.05. The molecule has 0 aromatic heterocycles. The van der Waals surface area contributed by atoms with Gasteiger partial charge in [0.15, 0.2) is 5.11 Å². The molecule has 1 heterocycles. The van der Waals surface area contributed by atoms with Crippen molar-refractivity contribution in [1.29, 1.82) is 0 Å². The lowest BCUT2D eigenvalue weighted by Crippen LogP contribution is -2.47. The van der Waals surface area contributed by atoms with E-state index < -0.39 is 0 Å². The van der Waals surface area contributed by atoms with Gasteiger partial charge in [0, 0.05) is 46.6 Å². The lowest BCUT2D eigenvalue weighted by molar-refractivity contribution is 0.0664. The maximum absolute atomic E-state index is 12.7. The van der Waals surface area contributed by atoms with Crippen LogP contribution in [0, 0.1) is 3.57 Å². The summed E-state index contributed by atoms with van der Waals surface area (Å²) in [6.07, 6.45) is 0. The van der Waals surface area contributed by atoms with E-state index in [0.717, 1.165) is 29.7 Å². The zero-order valence-corrected chi connectivity index (χ0v) is 18.4. The van der Waals surface area contributed by atoms with Crippen molar-refractivity contribution in [3.63, 3.8) is 0 Å². The van der Waals surface area contributed by atoms with Crippen molar-refractivity contribution in [3.8, 4) is 0 Å². The van der Waals surface area contributed by atoms with Gasteiger partial charge < -0.3 is 15.1 Å². The molecule has 0 radical (unpaired) electrons. The molecule has 6 nitrogen and oxygen atoms in total. The van der Waals surface area contributed by atoms with Crippen LogP contribution < -0.4 is 10.6 Å². The molecule has 0 unspecified atom stereocenters. The molecule has 3 rings (SSSR count). The van der Waals surface area contributed by atoms with Crippen LogP contribution in [0.1, 0.15) is 20.7 Å². The van der Waals surface area contributed by atoms with Gasteiger partial charge in [-0.25, -0.2) is 0 Å². The van der Waals surface area contributed by atoms with Gasteiger partial charge in [0.2, 0.25) is 0 Å². The Morgan fingerprint density at radius 1 is 1.00 bits per heavy atom. The van der Waals surface area contributed by atoms with Crippen LogP contribution in [0.25, 0.3) is 0 Å². The first-order valence-electron chi connectivity index (χ1n) is 8.88.